The van der Waals surface area contributed by atoms with E-state index in [-0.39, 0.29) is 30.4 Å². The fraction of sp³-hybridized carbons (Fsp3) is 0.360. The van der Waals surface area contributed by atoms with Crippen molar-refractivity contribution in [3.05, 3.63) is 71.4 Å². The van der Waals surface area contributed by atoms with E-state index in [1.165, 1.54) is 6.42 Å². The van der Waals surface area contributed by atoms with Gasteiger partial charge in [-0.15, -0.1) is 0 Å². The van der Waals surface area contributed by atoms with Crippen LogP contribution in [0.25, 0.3) is 10.9 Å². The molecule has 1 N–H and O–H groups in total. The third-order valence-electron chi connectivity index (χ3n) is 6.56. The predicted octanol–water partition coefficient (Wildman–Crippen LogP) is 4.17. The summed E-state index contributed by atoms with van der Waals surface area (Å²) in [5, 5.41) is 4.29. The fourth-order valence-electron chi connectivity index (χ4n) is 5.13. The maximum atomic E-state index is 13.3. The van der Waals surface area contributed by atoms with Gasteiger partial charge in [0.15, 0.2) is 0 Å². The standard InChI is InChI=1S/C25H27N3O2/c1-27-15-21(18-11-7-8-14-22(18)27)24-19-12-5-6-13-20(19)25(30)28(24)16-23(29)26-17-9-3-2-4-10-17/h5-8,11-15,17,24H,2-4,9-10,16H2,1H3,(H,26,29)/t24-/m1/s1. The molecule has 2 heterocycles. The van der Waals surface area contributed by atoms with Crippen LogP contribution in [0.1, 0.15) is 59.6 Å². The number of amides is 2. The van der Waals surface area contributed by atoms with E-state index in [4.69, 9.17) is 0 Å². The molecule has 1 fully saturated rings. The summed E-state index contributed by atoms with van der Waals surface area (Å²) in [6.07, 6.45) is 7.74. The molecule has 0 bridgehead atoms. The molecule has 5 nitrogen and oxygen atoms in total. The van der Waals surface area contributed by atoms with Crippen molar-refractivity contribution in [2.24, 2.45) is 7.05 Å². The number of carbonyl (C=O) groups is 2. The van der Waals surface area contributed by atoms with E-state index >= 15 is 0 Å². The van der Waals surface area contributed by atoms with Crippen molar-refractivity contribution in [3.8, 4) is 0 Å². The molecule has 0 spiro atoms. The van der Waals surface area contributed by atoms with Crippen molar-refractivity contribution in [1.82, 2.24) is 14.8 Å². The zero-order valence-electron chi connectivity index (χ0n) is 17.3. The van der Waals surface area contributed by atoms with E-state index in [0.29, 0.717) is 5.56 Å². The summed E-state index contributed by atoms with van der Waals surface area (Å²) in [6.45, 7) is 0.0813. The van der Waals surface area contributed by atoms with Crippen LogP contribution < -0.4 is 5.32 Å². The van der Waals surface area contributed by atoms with Gasteiger partial charge in [-0.2, -0.15) is 0 Å². The SMILES string of the molecule is Cn1cc([C@H]2c3ccccc3C(=O)N2CC(=O)NC2CCCCC2)c2ccccc21. The molecular formula is C25H27N3O2. The quantitative estimate of drug-likeness (QED) is 0.713. The molecule has 2 aliphatic rings. The maximum Gasteiger partial charge on any atom is 0.255 e. The van der Waals surface area contributed by atoms with Crippen LogP contribution >= 0.6 is 0 Å². The normalized spacial score (nSPS) is 19.3. The highest BCUT2D eigenvalue weighted by molar-refractivity contribution is 6.02. The smallest absolute Gasteiger partial charge is 0.255 e. The zero-order chi connectivity index (χ0) is 20.7. The Bertz CT molecular complexity index is 1110. The molecule has 0 unspecified atom stereocenters. The van der Waals surface area contributed by atoms with Crippen LogP contribution in [-0.2, 0) is 11.8 Å². The van der Waals surface area contributed by atoms with Gasteiger partial charge in [0.1, 0.15) is 6.54 Å². The first kappa shape index (κ1) is 18.9. The van der Waals surface area contributed by atoms with Crippen LogP contribution in [0.3, 0.4) is 0 Å². The van der Waals surface area contributed by atoms with Crippen molar-refractivity contribution in [2.45, 2.75) is 44.2 Å². The van der Waals surface area contributed by atoms with Gasteiger partial charge in [-0.3, -0.25) is 9.59 Å². The molecule has 1 aliphatic heterocycles. The highest BCUT2D eigenvalue weighted by atomic mass is 16.2. The number of rotatable bonds is 4. The molecule has 2 aromatic carbocycles. The van der Waals surface area contributed by atoms with E-state index in [1.54, 1.807) is 4.90 Å². The molecule has 30 heavy (non-hydrogen) atoms. The number of benzene rings is 2. The predicted molar refractivity (Wildman–Crippen MR) is 117 cm³/mol. The average Bonchev–Trinajstić information content (AvgIpc) is 3.23. The maximum absolute atomic E-state index is 13.3. The lowest BCUT2D eigenvalue weighted by Gasteiger charge is -2.27. The number of para-hydroxylation sites is 1. The number of hydrogen-bond acceptors (Lipinski definition) is 2. The molecule has 154 valence electrons. The van der Waals surface area contributed by atoms with Crippen molar-refractivity contribution in [2.75, 3.05) is 6.54 Å². The summed E-state index contributed by atoms with van der Waals surface area (Å²) in [4.78, 5) is 27.9. The largest absolute Gasteiger partial charge is 0.352 e. The van der Waals surface area contributed by atoms with Gasteiger partial charge >= 0.3 is 0 Å². The number of aryl methyl sites for hydroxylation is 1. The van der Waals surface area contributed by atoms with Crippen LogP contribution in [0.4, 0.5) is 0 Å². The van der Waals surface area contributed by atoms with E-state index in [1.807, 2.05) is 43.4 Å². The Morgan fingerprint density at radius 3 is 2.57 bits per heavy atom. The molecule has 0 saturated heterocycles. The first-order chi connectivity index (χ1) is 14.6. The van der Waals surface area contributed by atoms with E-state index in [2.05, 4.69) is 28.2 Å². The van der Waals surface area contributed by atoms with Crippen LogP contribution in [-0.4, -0.2) is 33.9 Å². The average molecular weight is 402 g/mol. The summed E-state index contributed by atoms with van der Waals surface area (Å²) in [7, 11) is 2.02. The molecule has 1 atom stereocenters. The van der Waals surface area contributed by atoms with Crippen molar-refractivity contribution < 1.29 is 9.59 Å². The molecule has 3 aromatic rings. The number of nitrogens with zero attached hydrogens (tertiary/aromatic N) is 2. The minimum atomic E-state index is -0.253. The van der Waals surface area contributed by atoms with Gasteiger partial charge in [-0.25, -0.2) is 0 Å². The van der Waals surface area contributed by atoms with Gasteiger partial charge in [-0.05, 0) is 30.5 Å². The third kappa shape index (κ3) is 3.18. The number of nitrogens with one attached hydrogen (secondary N) is 1. The molecule has 1 aliphatic carbocycles. The number of fused-ring (bicyclic) bond motifs is 2. The second kappa shape index (κ2) is 7.63. The third-order valence-corrected chi connectivity index (χ3v) is 6.56. The molecule has 1 saturated carbocycles. The van der Waals surface area contributed by atoms with E-state index in [9.17, 15) is 9.59 Å². The summed E-state index contributed by atoms with van der Waals surface area (Å²) < 4.78 is 2.09. The van der Waals surface area contributed by atoms with Crippen molar-refractivity contribution in [3.63, 3.8) is 0 Å². The topological polar surface area (TPSA) is 54.3 Å². The first-order valence-corrected chi connectivity index (χ1v) is 10.9. The lowest BCUT2D eigenvalue weighted by Crippen LogP contribution is -2.44. The van der Waals surface area contributed by atoms with E-state index in [0.717, 1.165) is 47.7 Å². The Balaban J connectivity index is 1.50. The highest BCUT2D eigenvalue weighted by Gasteiger charge is 2.39. The molecule has 2 amide bonds. The van der Waals surface area contributed by atoms with Crippen LogP contribution in [0.5, 0.6) is 0 Å². The number of hydrogen-bond donors (Lipinski definition) is 1. The summed E-state index contributed by atoms with van der Waals surface area (Å²) in [5.41, 5.74) is 3.86. The van der Waals surface area contributed by atoms with Gasteiger partial charge in [0.2, 0.25) is 5.91 Å². The van der Waals surface area contributed by atoms with Crippen LogP contribution in [0, 0.1) is 0 Å². The summed E-state index contributed by atoms with van der Waals surface area (Å²) in [5.74, 6) is -0.129. The highest BCUT2D eigenvalue weighted by Crippen LogP contribution is 2.41. The van der Waals surface area contributed by atoms with Crippen LogP contribution in [0.15, 0.2) is 54.7 Å². The molecule has 5 rings (SSSR count). The molecular weight excluding hydrogens is 374 g/mol. The number of aromatic nitrogens is 1. The fourth-order valence-corrected chi connectivity index (χ4v) is 5.13. The van der Waals surface area contributed by atoms with Crippen molar-refractivity contribution in [1.29, 1.82) is 0 Å². The van der Waals surface area contributed by atoms with Crippen LogP contribution in [0.2, 0.25) is 0 Å². The second-order valence-electron chi connectivity index (χ2n) is 8.54. The van der Waals surface area contributed by atoms with E-state index < -0.39 is 0 Å². The van der Waals surface area contributed by atoms with Gasteiger partial charge in [0.05, 0.1) is 6.04 Å². The minimum absolute atomic E-state index is 0.0618. The Morgan fingerprint density at radius 1 is 1.00 bits per heavy atom. The lowest BCUT2D eigenvalue weighted by molar-refractivity contribution is -0.122. The van der Waals surface area contributed by atoms with Crippen molar-refractivity contribution >= 4 is 22.7 Å². The lowest BCUT2D eigenvalue weighted by atomic mass is 9.95. The number of carbonyl (C=O) groups excluding carboxylic acids is 2. The molecule has 0 radical (unpaired) electrons. The minimum Gasteiger partial charge on any atom is -0.352 e. The Labute approximate surface area is 176 Å². The van der Waals surface area contributed by atoms with Gasteiger partial charge in [0.25, 0.3) is 5.91 Å². The first-order valence-electron chi connectivity index (χ1n) is 10.9. The van der Waals surface area contributed by atoms with Gasteiger partial charge < -0.3 is 14.8 Å². The molecule has 5 heteroatoms. The molecule has 1 aromatic heterocycles. The second-order valence-corrected chi connectivity index (χ2v) is 8.54. The Kier molecular flexibility index (Phi) is 4.81. The van der Waals surface area contributed by atoms with Gasteiger partial charge in [-0.1, -0.05) is 55.7 Å². The zero-order valence-corrected chi connectivity index (χ0v) is 17.3. The summed E-state index contributed by atoms with van der Waals surface area (Å²) >= 11 is 0. The monoisotopic (exact) mass is 401 g/mol. The van der Waals surface area contributed by atoms with Gasteiger partial charge in [0, 0.05) is 41.3 Å². The Morgan fingerprint density at radius 2 is 1.73 bits per heavy atom. The summed E-state index contributed by atoms with van der Waals surface area (Å²) in [6, 6.07) is 16.0. The Hall–Kier alpha value is -3.08.